The van der Waals surface area contributed by atoms with Crippen LogP contribution in [0, 0.1) is 34.5 Å². The topological polar surface area (TPSA) is 110 Å². The Morgan fingerprint density at radius 1 is 1.06 bits per heavy atom. The van der Waals surface area contributed by atoms with E-state index in [0.29, 0.717) is 41.6 Å². The van der Waals surface area contributed by atoms with Crippen LogP contribution >= 0.6 is 11.8 Å². The van der Waals surface area contributed by atoms with Crippen molar-refractivity contribution in [2.75, 3.05) is 12.0 Å². The van der Waals surface area contributed by atoms with Gasteiger partial charge >= 0.3 is 11.9 Å². The zero-order valence-corrected chi connectivity index (χ0v) is 22.9. The number of carbonyl (C=O) groups excluding carboxylic acids is 3. The minimum atomic E-state index is -1.05. The second kappa shape index (κ2) is 11.0. The molecule has 4 rings (SSSR count). The van der Waals surface area contributed by atoms with Gasteiger partial charge in [-0.2, -0.15) is 11.8 Å². The first kappa shape index (κ1) is 27.5. The fourth-order valence-corrected chi connectivity index (χ4v) is 8.86. The van der Waals surface area contributed by atoms with E-state index in [1.807, 2.05) is 6.26 Å². The highest BCUT2D eigenvalue weighted by atomic mass is 32.2. The maximum Gasteiger partial charge on any atom is 0.326 e. The van der Waals surface area contributed by atoms with Crippen LogP contribution in [0.2, 0.25) is 0 Å². The molecule has 0 bridgehead atoms. The van der Waals surface area contributed by atoms with Crippen molar-refractivity contribution >= 4 is 35.4 Å². The average Bonchev–Trinajstić information content (AvgIpc) is 3.16. The van der Waals surface area contributed by atoms with Crippen LogP contribution in [0.15, 0.2) is 0 Å². The molecule has 7 nitrogen and oxygen atoms in total. The highest BCUT2D eigenvalue weighted by Crippen LogP contribution is 2.66. The van der Waals surface area contributed by atoms with Gasteiger partial charge < -0.3 is 15.2 Å². The Hall–Kier alpha value is -1.57. The van der Waals surface area contributed by atoms with Crippen molar-refractivity contribution < 1.29 is 29.0 Å². The smallest absolute Gasteiger partial charge is 0.326 e. The molecule has 0 heterocycles. The molecule has 0 unspecified atom stereocenters. The van der Waals surface area contributed by atoms with Gasteiger partial charge in [0.2, 0.25) is 5.91 Å². The SMILES string of the molecule is CSCC[C@H](NC(=O)CCC(=O)O[C@H]1CC[C@H]2[C@@H]3CC[C@H]4CC(=O)CC[C@]4(C)[C@H]3CC[C@]12C)C(=O)O. The second-order valence-electron chi connectivity index (χ2n) is 12.2. The van der Waals surface area contributed by atoms with Crippen LogP contribution in [0.4, 0.5) is 0 Å². The predicted octanol–water partition coefficient (Wildman–Crippen LogP) is 4.61. The first-order valence-electron chi connectivity index (χ1n) is 13.8. The Morgan fingerprint density at radius 2 is 1.81 bits per heavy atom. The lowest BCUT2D eigenvalue weighted by Gasteiger charge is -2.60. The molecule has 202 valence electrons. The third kappa shape index (κ3) is 5.34. The van der Waals surface area contributed by atoms with Crippen molar-refractivity contribution in [3.63, 3.8) is 0 Å². The van der Waals surface area contributed by atoms with E-state index in [9.17, 15) is 24.3 Å². The van der Waals surface area contributed by atoms with Crippen LogP contribution in [-0.2, 0) is 23.9 Å². The summed E-state index contributed by atoms with van der Waals surface area (Å²) in [5.74, 6) is 1.62. The van der Waals surface area contributed by atoms with Crippen LogP contribution in [0.25, 0.3) is 0 Å². The van der Waals surface area contributed by atoms with Crippen molar-refractivity contribution in [3.05, 3.63) is 0 Å². The molecular weight excluding hydrogens is 478 g/mol. The third-order valence-electron chi connectivity index (χ3n) is 10.5. The van der Waals surface area contributed by atoms with Crippen molar-refractivity contribution in [1.29, 1.82) is 0 Å². The lowest BCUT2D eigenvalue weighted by atomic mass is 9.45. The quantitative estimate of drug-likeness (QED) is 0.426. The first-order chi connectivity index (χ1) is 17.1. The molecule has 0 radical (unpaired) electrons. The summed E-state index contributed by atoms with van der Waals surface area (Å²) in [7, 11) is 0. The number of carboxylic acids is 1. The van der Waals surface area contributed by atoms with Gasteiger partial charge in [0, 0.05) is 24.7 Å². The zero-order valence-electron chi connectivity index (χ0n) is 22.1. The summed E-state index contributed by atoms with van der Waals surface area (Å²) in [5.41, 5.74) is 0.239. The minimum absolute atomic E-state index is 0.0288. The fraction of sp³-hybridized carbons (Fsp3) is 0.857. The molecule has 0 aromatic rings. The third-order valence-corrected chi connectivity index (χ3v) is 11.1. The van der Waals surface area contributed by atoms with Gasteiger partial charge in [0.25, 0.3) is 0 Å². The number of Topliss-reactive ketones (excluding diaryl/α,β-unsaturated/α-hetero) is 1. The normalized spacial score (nSPS) is 38.3. The zero-order chi connectivity index (χ0) is 26.1. The van der Waals surface area contributed by atoms with Gasteiger partial charge in [-0.15, -0.1) is 0 Å². The molecular formula is C28H43NO6S. The van der Waals surface area contributed by atoms with Crippen LogP contribution in [-0.4, -0.2) is 52.9 Å². The first-order valence-corrected chi connectivity index (χ1v) is 15.2. The molecule has 0 aliphatic heterocycles. The van der Waals surface area contributed by atoms with Gasteiger partial charge in [-0.1, -0.05) is 13.8 Å². The summed E-state index contributed by atoms with van der Waals surface area (Å²) in [4.78, 5) is 48.5. The number of amides is 1. The molecule has 4 aliphatic carbocycles. The highest BCUT2D eigenvalue weighted by molar-refractivity contribution is 7.98. The lowest BCUT2D eigenvalue weighted by Crippen LogP contribution is -2.54. The van der Waals surface area contributed by atoms with E-state index in [1.54, 1.807) is 0 Å². The van der Waals surface area contributed by atoms with Crippen molar-refractivity contribution in [2.45, 2.75) is 103 Å². The molecule has 0 saturated heterocycles. The van der Waals surface area contributed by atoms with Gasteiger partial charge in [0.15, 0.2) is 0 Å². The summed E-state index contributed by atoms with van der Waals surface area (Å²) < 4.78 is 5.99. The van der Waals surface area contributed by atoms with Gasteiger partial charge in [-0.05, 0) is 92.5 Å². The molecule has 8 atom stereocenters. The summed E-state index contributed by atoms with van der Waals surface area (Å²) in [5, 5.41) is 11.8. The molecule has 1 amide bonds. The molecule has 0 aromatic carbocycles. The Bertz CT molecular complexity index is 878. The van der Waals surface area contributed by atoms with E-state index in [4.69, 9.17) is 4.74 Å². The summed E-state index contributed by atoms with van der Waals surface area (Å²) in [6.45, 7) is 4.74. The largest absolute Gasteiger partial charge is 0.480 e. The number of hydrogen-bond acceptors (Lipinski definition) is 6. The maximum atomic E-state index is 12.7. The molecule has 2 N–H and O–H groups in total. The van der Waals surface area contributed by atoms with Crippen LogP contribution < -0.4 is 5.32 Å². The van der Waals surface area contributed by atoms with Crippen LogP contribution in [0.1, 0.15) is 90.9 Å². The van der Waals surface area contributed by atoms with Gasteiger partial charge in [0.05, 0.1) is 6.42 Å². The number of hydrogen-bond donors (Lipinski definition) is 2. The molecule has 0 aromatic heterocycles. The van der Waals surface area contributed by atoms with Gasteiger partial charge in [-0.3, -0.25) is 14.4 Å². The Kier molecular flexibility index (Phi) is 8.42. The molecule has 4 aliphatic rings. The molecule has 36 heavy (non-hydrogen) atoms. The maximum absolute atomic E-state index is 12.7. The number of fused-ring (bicyclic) bond motifs is 5. The number of aliphatic carboxylic acids is 1. The van der Waals surface area contributed by atoms with E-state index >= 15 is 0 Å². The van der Waals surface area contributed by atoms with Crippen LogP contribution in [0.5, 0.6) is 0 Å². The fourth-order valence-electron chi connectivity index (χ4n) is 8.38. The van der Waals surface area contributed by atoms with E-state index < -0.39 is 17.9 Å². The Balaban J connectivity index is 1.31. The number of nitrogens with one attached hydrogen (secondary N) is 1. The van der Waals surface area contributed by atoms with Gasteiger partial charge in [-0.25, -0.2) is 4.79 Å². The standard InChI is InChI=1S/C28H43NO6S/c1-27-13-10-18(30)16-17(27)4-5-19-20-6-7-23(28(20,2)14-11-21(19)27)35-25(32)9-8-24(31)29-22(26(33)34)12-15-36-3/h17,19-23H,4-16H2,1-3H3,(H,29,31)(H,33,34)/t17-,19-,20-,21-,22-,23-,27-,28-/m0/s1. The average molecular weight is 522 g/mol. The monoisotopic (exact) mass is 521 g/mol. The lowest BCUT2D eigenvalue weighted by molar-refractivity contribution is -0.164. The molecule has 4 saturated carbocycles. The van der Waals surface area contributed by atoms with Gasteiger partial charge in [0.1, 0.15) is 17.9 Å². The Labute approximate surface area is 219 Å². The molecule has 4 fully saturated rings. The number of thioether (sulfide) groups is 1. The van der Waals surface area contributed by atoms with E-state index in [0.717, 1.165) is 51.4 Å². The van der Waals surface area contributed by atoms with E-state index in [1.165, 1.54) is 18.2 Å². The number of carbonyl (C=O) groups is 4. The van der Waals surface area contributed by atoms with Crippen molar-refractivity contribution in [2.24, 2.45) is 34.5 Å². The summed E-state index contributed by atoms with van der Waals surface area (Å²) >= 11 is 1.53. The summed E-state index contributed by atoms with van der Waals surface area (Å²) in [6, 6.07) is -0.926. The van der Waals surface area contributed by atoms with Crippen LogP contribution in [0.3, 0.4) is 0 Å². The molecule has 8 heteroatoms. The second-order valence-corrected chi connectivity index (χ2v) is 13.2. The number of ether oxygens (including phenoxy) is 1. The Morgan fingerprint density at radius 3 is 2.53 bits per heavy atom. The van der Waals surface area contributed by atoms with E-state index in [2.05, 4.69) is 19.2 Å². The summed E-state index contributed by atoms with van der Waals surface area (Å²) in [6.07, 6.45) is 11.0. The number of rotatable bonds is 9. The van der Waals surface area contributed by atoms with E-state index in [-0.39, 0.29) is 35.7 Å². The minimum Gasteiger partial charge on any atom is -0.480 e. The number of esters is 1. The highest BCUT2D eigenvalue weighted by Gasteiger charge is 2.61. The number of ketones is 1. The number of carboxylic acid groups (broad SMARTS) is 1. The van der Waals surface area contributed by atoms with Crippen molar-refractivity contribution in [3.8, 4) is 0 Å². The molecule has 0 spiro atoms. The predicted molar refractivity (Wildman–Crippen MR) is 138 cm³/mol. The van der Waals surface area contributed by atoms with Crippen molar-refractivity contribution in [1.82, 2.24) is 5.32 Å².